The van der Waals surface area contributed by atoms with Crippen molar-refractivity contribution in [1.29, 1.82) is 0 Å². The lowest BCUT2D eigenvalue weighted by molar-refractivity contribution is 0.388. The Kier molecular flexibility index (Phi) is 3.29. The molecule has 88 valence electrons. The molecule has 3 N–H and O–H groups in total. The Morgan fingerprint density at radius 2 is 2.41 bits per heavy atom. The van der Waals surface area contributed by atoms with Crippen molar-refractivity contribution < 1.29 is 4.52 Å². The molecule has 7 heteroatoms. The summed E-state index contributed by atoms with van der Waals surface area (Å²) in [6, 6.07) is 3.64. The molecule has 0 amide bonds. The van der Waals surface area contributed by atoms with Gasteiger partial charge in [-0.3, -0.25) is 4.98 Å². The molecule has 6 nitrogen and oxygen atoms in total. The van der Waals surface area contributed by atoms with Gasteiger partial charge >= 0.3 is 0 Å². The number of nitrogens with zero attached hydrogens (tertiary/aromatic N) is 3. The van der Waals surface area contributed by atoms with Gasteiger partial charge in [-0.1, -0.05) is 17.4 Å². The topological polar surface area (TPSA) is 89.9 Å². The molecule has 0 fully saturated rings. The van der Waals surface area contributed by atoms with Crippen LogP contribution in [0.25, 0.3) is 0 Å². The van der Waals surface area contributed by atoms with Gasteiger partial charge in [0.1, 0.15) is 10.7 Å². The quantitative estimate of drug-likeness (QED) is 0.782. The second kappa shape index (κ2) is 4.88. The Labute approximate surface area is 103 Å². The zero-order chi connectivity index (χ0) is 12.3. The molecule has 0 aliphatic heterocycles. The number of aryl methyl sites for hydroxylation is 1. The first-order valence-electron chi connectivity index (χ1n) is 4.94. The molecule has 0 atom stereocenters. The fraction of sp³-hybridized carbons (Fsp3) is 0.200. The maximum Gasteiger partial charge on any atom is 0.223 e. The summed E-state index contributed by atoms with van der Waals surface area (Å²) in [4.78, 5) is 8.43. The highest BCUT2D eigenvalue weighted by Gasteiger charge is 2.07. The van der Waals surface area contributed by atoms with Gasteiger partial charge in [0.2, 0.25) is 5.89 Å². The molecule has 17 heavy (non-hydrogen) atoms. The third-order valence-corrected chi connectivity index (χ3v) is 2.24. The number of nitrogens with one attached hydrogen (secondary N) is 1. The van der Waals surface area contributed by atoms with Crippen molar-refractivity contribution >= 4 is 22.9 Å². The molecule has 2 aromatic heterocycles. The fourth-order valence-corrected chi connectivity index (χ4v) is 1.49. The minimum atomic E-state index is 0.248. The van der Waals surface area contributed by atoms with Crippen LogP contribution in [0.5, 0.6) is 0 Å². The molecule has 0 bridgehead atoms. The molecule has 0 saturated carbocycles. The Bertz CT molecular complexity index is 539. The maximum absolute atomic E-state index is 5.57. The van der Waals surface area contributed by atoms with Crippen LogP contribution in [0.1, 0.15) is 17.4 Å². The van der Waals surface area contributed by atoms with Crippen molar-refractivity contribution in [2.75, 3.05) is 5.32 Å². The summed E-state index contributed by atoms with van der Waals surface area (Å²) in [6.45, 7) is 2.17. The number of rotatable bonds is 4. The lowest BCUT2D eigenvalue weighted by Crippen LogP contribution is -2.15. The standard InChI is InChI=1S/C10H11N5OS/c1-6-14-8(15-16-6)5-13-7-3-2-4-12-9(7)10(11)17/h2-4,13H,5H2,1H3,(H2,11,17). The minimum absolute atomic E-state index is 0.248. The first-order chi connectivity index (χ1) is 8.16. The molecule has 0 spiro atoms. The lowest BCUT2D eigenvalue weighted by Gasteiger charge is -2.07. The largest absolute Gasteiger partial charge is 0.388 e. The van der Waals surface area contributed by atoms with Crippen LogP contribution < -0.4 is 11.1 Å². The fourth-order valence-electron chi connectivity index (χ4n) is 1.33. The monoisotopic (exact) mass is 249 g/mol. The Morgan fingerprint density at radius 3 is 3.06 bits per heavy atom. The third kappa shape index (κ3) is 2.76. The summed E-state index contributed by atoms with van der Waals surface area (Å²) >= 11 is 4.91. The second-order valence-corrected chi connectivity index (χ2v) is 3.79. The van der Waals surface area contributed by atoms with Crippen molar-refractivity contribution in [2.45, 2.75) is 13.5 Å². The van der Waals surface area contributed by atoms with E-state index in [1.54, 1.807) is 19.2 Å². The molecule has 0 saturated heterocycles. The minimum Gasteiger partial charge on any atom is -0.388 e. The van der Waals surface area contributed by atoms with Gasteiger partial charge in [-0.05, 0) is 12.1 Å². The molecule has 2 rings (SSSR count). The molecular formula is C10H11N5OS. The van der Waals surface area contributed by atoms with Gasteiger partial charge in [0.05, 0.1) is 12.2 Å². The van der Waals surface area contributed by atoms with Gasteiger partial charge in [0.15, 0.2) is 5.82 Å². The van der Waals surface area contributed by atoms with Gasteiger partial charge in [0, 0.05) is 13.1 Å². The first-order valence-corrected chi connectivity index (χ1v) is 5.35. The van der Waals surface area contributed by atoms with Crippen LogP contribution in [-0.4, -0.2) is 20.1 Å². The van der Waals surface area contributed by atoms with Crippen LogP contribution in [0, 0.1) is 6.92 Å². The Hall–Kier alpha value is -2.02. The summed E-state index contributed by atoms with van der Waals surface area (Å²) in [5.41, 5.74) is 6.88. The van der Waals surface area contributed by atoms with E-state index in [-0.39, 0.29) is 4.99 Å². The van der Waals surface area contributed by atoms with E-state index in [9.17, 15) is 0 Å². The lowest BCUT2D eigenvalue weighted by atomic mass is 10.3. The molecule has 0 aromatic carbocycles. The van der Waals surface area contributed by atoms with E-state index in [1.165, 1.54) is 0 Å². The first kappa shape index (κ1) is 11.5. The third-order valence-electron chi connectivity index (χ3n) is 2.05. The molecule has 2 aromatic rings. The number of pyridine rings is 1. The maximum atomic E-state index is 5.57. The van der Waals surface area contributed by atoms with Gasteiger partial charge in [-0.2, -0.15) is 4.98 Å². The smallest absolute Gasteiger partial charge is 0.223 e. The number of aromatic nitrogens is 3. The Balaban J connectivity index is 2.11. The second-order valence-electron chi connectivity index (χ2n) is 3.35. The molecule has 0 aliphatic carbocycles. The normalized spacial score (nSPS) is 10.2. The van der Waals surface area contributed by atoms with Gasteiger partial charge in [0.25, 0.3) is 0 Å². The number of nitrogens with two attached hydrogens (primary N) is 1. The Morgan fingerprint density at radius 1 is 1.59 bits per heavy atom. The van der Waals surface area contributed by atoms with Crippen molar-refractivity contribution in [1.82, 2.24) is 15.1 Å². The van der Waals surface area contributed by atoms with Crippen LogP contribution in [0.15, 0.2) is 22.9 Å². The van der Waals surface area contributed by atoms with E-state index in [0.717, 1.165) is 5.69 Å². The highest BCUT2D eigenvalue weighted by Crippen LogP contribution is 2.12. The summed E-state index contributed by atoms with van der Waals surface area (Å²) in [5, 5.41) is 6.88. The summed E-state index contributed by atoms with van der Waals surface area (Å²) < 4.78 is 4.86. The van der Waals surface area contributed by atoms with Crippen molar-refractivity contribution in [3.05, 3.63) is 35.7 Å². The van der Waals surface area contributed by atoms with E-state index < -0.39 is 0 Å². The van der Waals surface area contributed by atoms with E-state index in [4.69, 9.17) is 22.5 Å². The van der Waals surface area contributed by atoms with Crippen LogP contribution in [0.2, 0.25) is 0 Å². The summed E-state index contributed by atoms with van der Waals surface area (Å²) in [6.07, 6.45) is 1.64. The molecule has 0 radical (unpaired) electrons. The van der Waals surface area contributed by atoms with E-state index in [0.29, 0.717) is 24.0 Å². The molecular weight excluding hydrogens is 238 g/mol. The van der Waals surface area contributed by atoms with Crippen LogP contribution in [0.4, 0.5) is 5.69 Å². The highest BCUT2D eigenvalue weighted by atomic mass is 32.1. The summed E-state index contributed by atoms with van der Waals surface area (Å²) in [7, 11) is 0. The predicted molar refractivity (Wildman–Crippen MR) is 66.5 cm³/mol. The van der Waals surface area contributed by atoms with Gasteiger partial charge < -0.3 is 15.6 Å². The average Bonchev–Trinajstić information content (AvgIpc) is 2.73. The van der Waals surface area contributed by atoms with Crippen LogP contribution in [-0.2, 0) is 6.54 Å². The highest BCUT2D eigenvalue weighted by molar-refractivity contribution is 7.80. The number of hydrogen-bond acceptors (Lipinski definition) is 6. The predicted octanol–water partition coefficient (Wildman–Crippen LogP) is 1.02. The van der Waals surface area contributed by atoms with E-state index >= 15 is 0 Å². The zero-order valence-corrected chi connectivity index (χ0v) is 9.99. The number of thiocarbonyl (C=S) groups is 1. The average molecular weight is 249 g/mol. The van der Waals surface area contributed by atoms with Crippen molar-refractivity contribution in [2.24, 2.45) is 5.73 Å². The van der Waals surface area contributed by atoms with Gasteiger partial charge in [-0.25, -0.2) is 0 Å². The molecule has 2 heterocycles. The molecule has 0 unspecified atom stereocenters. The summed E-state index contributed by atoms with van der Waals surface area (Å²) in [5.74, 6) is 1.10. The van der Waals surface area contributed by atoms with Crippen LogP contribution >= 0.6 is 12.2 Å². The van der Waals surface area contributed by atoms with Crippen molar-refractivity contribution in [3.8, 4) is 0 Å². The van der Waals surface area contributed by atoms with E-state index in [1.807, 2.05) is 6.07 Å². The SMILES string of the molecule is Cc1nc(CNc2cccnc2C(N)=S)no1. The molecule has 0 aliphatic rings. The van der Waals surface area contributed by atoms with E-state index in [2.05, 4.69) is 20.4 Å². The van der Waals surface area contributed by atoms with Crippen LogP contribution in [0.3, 0.4) is 0 Å². The number of hydrogen-bond donors (Lipinski definition) is 2. The van der Waals surface area contributed by atoms with Crippen molar-refractivity contribution in [3.63, 3.8) is 0 Å². The number of anilines is 1. The van der Waals surface area contributed by atoms with Gasteiger partial charge in [-0.15, -0.1) is 0 Å². The zero-order valence-electron chi connectivity index (χ0n) is 9.17.